The molecule has 0 saturated carbocycles. The number of hydrogen-bond acceptors (Lipinski definition) is 5. The van der Waals surface area contributed by atoms with Crippen LogP contribution in [0, 0.1) is 11.8 Å². The second-order valence-corrected chi connectivity index (χ2v) is 9.15. The molecule has 36 heavy (non-hydrogen) atoms. The van der Waals surface area contributed by atoms with E-state index in [1.54, 1.807) is 69.5 Å². The van der Waals surface area contributed by atoms with Crippen molar-refractivity contribution in [3.8, 4) is 11.5 Å². The molecule has 1 atom stereocenters. The Morgan fingerprint density at radius 3 is 2.36 bits per heavy atom. The summed E-state index contributed by atoms with van der Waals surface area (Å²) in [5.41, 5.74) is 4.48. The second-order valence-electron chi connectivity index (χ2n) is 8.27. The van der Waals surface area contributed by atoms with Gasteiger partial charge in [0.2, 0.25) is 5.91 Å². The topological polar surface area (TPSA) is 89.0 Å². The normalized spacial score (nSPS) is 11.8. The van der Waals surface area contributed by atoms with Crippen LogP contribution < -0.4 is 20.2 Å². The average Bonchev–Trinajstić information content (AvgIpc) is 2.84. The van der Waals surface area contributed by atoms with E-state index < -0.39 is 17.7 Å². The third-order valence-electron chi connectivity index (χ3n) is 5.22. The van der Waals surface area contributed by atoms with Crippen LogP contribution in [0.5, 0.6) is 11.5 Å². The molecule has 0 aromatic heterocycles. The summed E-state index contributed by atoms with van der Waals surface area (Å²) in [5, 5.41) is 7.91. The Hall–Kier alpha value is -3.55. The summed E-state index contributed by atoms with van der Waals surface area (Å²) in [6, 6.07) is 19.3. The molecule has 1 unspecified atom stereocenters. The Morgan fingerprint density at radius 2 is 1.69 bits per heavy atom. The van der Waals surface area contributed by atoms with Crippen LogP contribution in [-0.4, -0.2) is 25.1 Å². The van der Waals surface area contributed by atoms with Crippen LogP contribution in [-0.2, 0) is 16.2 Å². The van der Waals surface area contributed by atoms with Gasteiger partial charge in [-0.2, -0.15) is 5.10 Å². The second kappa shape index (κ2) is 13.0. The van der Waals surface area contributed by atoms with Crippen LogP contribution >= 0.6 is 23.2 Å². The highest BCUT2D eigenvalue weighted by atomic mass is 35.5. The van der Waals surface area contributed by atoms with Crippen LogP contribution in [0.1, 0.15) is 25.0 Å². The summed E-state index contributed by atoms with van der Waals surface area (Å²) in [4.78, 5) is 25.6. The van der Waals surface area contributed by atoms with Gasteiger partial charge in [0.05, 0.1) is 13.3 Å². The molecule has 2 N–H and O–H groups in total. The fourth-order valence-electron chi connectivity index (χ4n) is 3.39. The van der Waals surface area contributed by atoms with Gasteiger partial charge >= 0.3 is 0 Å². The number of carbonyl (C=O) groups is 2. The summed E-state index contributed by atoms with van der Waals surface area (Å²) >= 11 is 12.2. The minimum atomic E-state index is -0.956. The van der Waals surface area contributed by atoms with Crippen LogP contribution in [0.25, 0.3) is 0 Å². The first-order valence-electron chi connectivity index (χ1n) is 11.2. The highest BCUT2D eigenvalue weighted by Crippen LogP contribution is 2.23. The van der Waals surface area contributed by atoms with Crippen LogP contribution in [0.2, 0.25) is 10.0 Å². The zero-order valence-corrected chi connectivity index (χ0v) is 21.6. The molecule has 9 heteroatoms. The number of amides is 2. The lowest BCUT2D eigenvalue weighted by Gasteiger charge is -2.18. The molecule has 0 aliphatic carbocycles. The molecule has 0 fully saturated rings. The molecule has 0 aliphatic heterocycles. The van der Waals surface area contributed by atoms with Crippen LogP contribution in [0.15, 0.2) is 71.8 Å². The number of hydrazone groups is 1. The van der Waals surface area contributed by atoms with E-state index in [-0.39, 0.29) is 12.5 Å². The molecule has 188 valence electrons. The fraction of sp³-hybridized carbons (Fsp3) is 0.222. The molecule has 3 aromatic carbocycles. The quantitative estimate of drug-likeness (QED) is 0.194. The Bertz CT molecular complexity index is 1230. The number of carbonyl (C=O) groups excluding carboxylic acids is 2. The van der Waals surface area contributed by atoms with Crippen molar-refractivity contribution in [2.45, 2.75) is 20.5 Å². The summed E-state index contributed by atoms with van der Waals surface area (Å²) in [7, 11) is 1.56. The number of ether oxygens (including phenoxy) is 2. The average molecular weight is 528 g/mol. The highest BCUT2D eigenvalue weighted by molar-refractivity contribution is 6.31. The van der Waals surface area contributed by atoms with Crippen LogP contribution in [0.3, 0.4) is 0 Å². The molecular formula is C27H27Cl2N3O4. The number of benzene rings is 3. The first-order chi connectivity index (χ1) is 17.3. The van der Waals surface area contributed by atoms with Gasteiger partial charge in [-0.05, 0) is 66.1 Å². The van der Waals surface area contributed by atoms with Gasteiger partial charge in [0.25, 0.3) is 5.91 Å². The first kappa shape index (κ1) is 27.0. The molecule has 3 rings (SSSR count). The van der Waals surface area contributed by atoms with E-state index in [4.69, 9.17) is 32.7 Å². The van der Waals surface area contributed by atoms with Crippen molar-refractivity contribution in [3.63, 3.8) is 0 Å². The Kier molecular flexibility index (Phi) is 9.73. The lowest BCUT2D eigenvalue weighted by atomic mass is 9.94. The van der Waals surface area contributed by atoms with Crippen molar-refractivity contribution < 1.29 is 19.1 Å². The zero-order valence-electron chi connectivity index (χ0n) is 20.1. The summed E-state index contributed by atoms with van der Waals surface area (Å²) in [5.74, 6) is -0.998. The zero-order chi connectivity index (χ0) is 26.1. The molecule has 0 aliphatic rings. The van der Waals surface area contributed by atoms with Crippen molar-refractivity contribution in [1.29, 1.82) is 0 Å². The van der Waals surface area contributed by atoms with Crippen molar-refractivity contribution in [1.82, 2.24) is 5.43 Å². The van der Waals surface area contributed by atoms with Crippen LogP contribution in [0.4, 0.5) is 5.69 Å². The third kappa shape index (κ3) is 7.73. The van der Waals surface area contributed by atoms with E-state index in [0.29, 0.717) is 32.8 Å². The standard InChI is InChI=1S/C27H27Cl2N3O4/c1-17(2)25(26(33)31-22-8-10-23(35-3)11-9-22)27(34)32-30-15-19-14-21(29)7-12-24(19)36-16-18-5-4-6-20(28)13-18/h4-15,17,25H,16H2,1-3H3,(H,31,33)(H,32,34). The van der Waals surface area contributed by atoms with Crippen molar-refractivity contribution in [2.75, 3.05) is 12.4 Å². The van der Waals surface area contributed by atoms with Gasteiger partial charge in [-0.15, -0.1) is 0 Å². The van der Waals surface area contributed by atoms with E-state index in [9.17, 15) is 9.59 Å². The van der Waals surface area contributed by atoms with Gasteiger partial charge < -0.3 is 14.8 Å². The van der Waals surface area contributed by atoms with E-state index in [1.165, 1.54) is 6.21 Å². The predicted molar refractivity (Wildman–Crippen MR) is 143 cm³/mol. The summed E-state index contributed by atoms with van der Waals surface area (Å²) < 4.78 is 11.0. The maximum absolute atomic E-state index is 12.8. The van der Waals surface area contributed by atoms with E-state index in [0.717, 1.165) is 5.56 Å². The SMILES string of the molecule is COc1ccc(NC(=O)C(C(=O)NN=Cc2cc(Cl)ccc2OCc2cccc(Cl)c2)C(C)C)cc1. The van der Waals surface area contributed by atoms with Gasteiger partial charge in [-0.3, -0.25) is 9.59 Å². The predicted octanol–water partition coefficient (Wildman–Crippen LogP) is 5.94. The molecule has 7 nitrogen and oxygen atoms in total. The highest BCUT2D eigenvalue weighted by Gasteiger charge is 2.30. The fourth-order valence-corrected chi connectivity index (χ4v) is 3.79. The largest absolute Gasteiger partial charge is 0.497 e. The molecular weight excluding hydrogens is 501 g/mol. The molecule has 0 saturated heterocycles. The number of halogens is 2. The number of anilines is 1. The van der Waals surface area contributed by atoms with E-state index in [2.05, 4.69) is 15.8 Å². The van der Waals surface area contributed by atoms with Gasteiger partial charge in [-0.25, -0.2) is 5.43 Å². The minimum absolute atomic E-state index is 0.263. The number of rotatable bonds is 10. The molecule has 0 bridgehead atoms. The number of methoxy groups -OCH3 is 1. The Balaban J connectivity index is 1.66. The van der Waals surface area contributed by atoms with Gasteiger partial charge in [0.1, 0.15) is 24.0 Å². The number of nitrogens with one attached hydrogen (secondary N) is 2. The van der Waals surface area contributed by atoms with E-state index in [1.807, 2.05) is 18.2 Å². The Labute approximate surface area is 220 Å². The smallest absolute Gasteiger partial charge is 0.252 e. The third-order valence-corrected chi connectivity index (χ3v) is 5.69. The summed E-state index contributed by atoms with van der Waals surface area (Å²) in [6.45, 7) is 3.87. The number of nitrogens with zero attached hydrogens (tertiary/aromatic N) is 1. The number of hydrogen-bond donors (Lipinski definition) is 2. The van der Waals surface area contributed by atoms with Gasteiger partial charge in [0, 0.05) is 21.3 Å². The molecule has 3 aromatic rings. The lowest BCUT2D eigenvalue weighted by Crippen LogP contribution is -2.39. The summed E-state index contributed by atoms with van der Waals surface area (Å²) in [6.07, 6.45) is 1.43. The lowest BCUT2D eigenvalue weighted by molar-refractivity contribution is -0.134. The Morgan fingerprint density at radius 1 is 0.972 bits per heavy atom. The van der Waals surface area contributed by atoms with Crippen molar-refractivity contribution in [3.05, 3.63) is 87.9 Å². The maximum Gasteiger partial charge on any atom is 0.252 e. The molecule has 0 spiro atoms. The molecule has 0 radical (unpaired) electrons. The molecule has 0 heterocycles. The maximum atomic E-state index is 12.8. The van der Waals surface area contributed by atoms with Gasteiger partial charge in [-0.1, -0.05) is 49.2 Å². The molecule has 2 amide bonds. The van der Waals surface area contributed by atoms with E-state index >= 15 is 0 Å². The minimum Gasteiger partial charge on any atom is -0.497 e. The monoisotopic (exact) mass is 527 g/mol. The van der Waals surface area contributed by atoms with Crippen molar-refractivity contribution >= 4 is 46.9 Å². The van der Waals surface area contributed by atoms with Gasteiger partial charge in [0.15, 0.2) is 0 Å². The first-order valence-corrected chi connectivity index (χ1v) is 12.0. The van der Waals surface area contributed by atoms with Crippen molar-refractivity contribution in [2.24, 2.45) is 16.9 Å².